The van der Waals surface area contributed by atoms with Crippen molar-refractivity contribution in [2.24, 2.45) is 0 Å². The summed E-state index contributed by atoms with van der Waals surface area (Å²) in [6.07, 6.45) is 2.81. The molecular weight excluding hydrogens is 232 g/mol. The standard InChI is InChI=1S/C17H22N2/c1-3-13-9-12(10-14(4-2)17(13)19)11-15-7-5-6-8-16(15)18/h5-10H,3-4,11,18-19H2,1-2H3. The third kappa shape index (κ3) is 2.90. The highest BCUT2D eigenvalue weighted by Gasteiger charge is 2.07. The molecule has 0 saturated carbocycles. The minimum absolute atomic E-state index is 0.857. The first-order valence-corrected chi connectivity index (χ1v) is 6.89. The first-order chi connectivity index (χ1) is 9.15. The molecule has 2 aromatic rings. The predicted octanol–water partition coefficient (Wildman–Crippen LogP) is 3.57. The quantitative estimate of drug-likeness (QED) is 0.820. The van der Waals surface area contributed by atoms with Gasteiger partial charge in [-0.05, 0) is 47.6 Å². The maximum atomic E-state index is 6.17. The number of rotatable bonds is 4. The summed E-state index contributed by atoms with van der Waals surface area (Å²) in [7, 11) is 0. The summed E-state index contributed by atoms with van der Waals surface area (Å²) in [5.74, 6) is 0. The maximum Gasteiger partial charge on any atom is 0.0379 e. The van der Waals surface area contributed by atoms with Crippen LogP contribution in [0.4, 0.5) is 11.4 Å². The fraction of sp³-hybridized carbons (Fsp3) is 0.294. The number of benzene rings is 2. The van der Waals surface area contributed by atoms with Gasteiger partial charge in [-0.3, -0.25) is 0 Å². The van der Waals surface area contributed by atoms with Crippen LogP contribution in [0.25, 0.3) is 0 Å². The van der Waals surface area contributed by atoms with Gasteiger partial charge in [-0.15, -0.1) is 0 Å². The number of hydrogen-bond donors (Lipinski definition) is 2. The molecule has 2 aromatic carbocycles. The molecule has 0 aliphatic heterocycles. The van der Waals surface area contributed by atoms with Crippen LogP contribution in [-0.2, 0) is 19.3 Å². The second-order valence-corrected chi connectivity index (χ2v) is 4.91. The fourth-order valence-electron chi connectivity index (χ4n) is 2.45. The van der Waals surface area contributed by atoms with Crippen molar-refractivity contribution in [3.63, 3.8) is 0 Å². The molecule has 19 heavy (non-hydrogen) atoms. The Kier molecular flexibility index (Phi) is 4.10. The Morgan fingerprint density at radius 3 is 1.95 bits per heavy atom. The molecule has 100 valence electrons. The van der Waals surface area contributed by atoms with E-state index in [1.807, 2.05) is 18.2 Å². The molecule has 0 aliphatic carbocycles. The lowest BCUT2D eigenvalue weighted by atomic mass is 9.95. The Morgan fingerprint density at radius 1 is 0.842 bits per heavy atom. The van der Waals surface area contributed by atoms with E-state index in [1.165, 1.54) is 22.3 Å². The van der Waals surface area contributed by atoms with Crippen LogP contribution in [0.2, 0.25) is 0 Å². The third-order valence-electron chi connectivity index (χ3n) is 3.62. The van der Waals surface area contributed by atoms with Crippen LogP contribution in [0.5, 0.6) is 0 Å². The van der Waals surface area contributed by atoms with E-state index in [1.54, 1.807) is 0 Å². The lowest BCUT2D eigenvalue weighted by Crippen LogP contribution is -2.02. The van der Waals surface area contributed by atoms with Crippen LogP contribution in [0.3, 0.4) is 0 Å². The van der Waals surface area contributed by atoms with Crippen molar-refractivity contribution in [3.05, 3.63) is 58.7 Å². The molecule has 0 amide bonds. The summed E-state index contributed by atoms with van der Waals surface area (Å²) in [5, 5.41) is 0. The van der Waals surface area contributed by atoms with E-state index in [-0.39, 0.29) is 0 Å². The molecule has 0 spiro atoms. The van der Waals surface area contributed by atoms with Gasteiger partial charge in [0.05, 0.1) is 0 Å². The summed E-state index contributed by atoms with van der Waals surface area (Å²) < 4.78 is 0. The molecule has 0 aromatic heterocycles. The SMILES string of the molecule is CCc1cc(Cc2ccccc2N)cc(CC)c1N. The van der Waals surface area contributed by atoms with E-state index in [4.69, 9.17) is 11.5 Å². The number of anilines is 2. The van der Waals surface area contributed by atoms with Gasteiger partial charge in [0.1, 0.15) is 0 Å². The topological polar surface area (TPSA) is 52.0 Å². The van der Waals surface area contributed by atoms with Crippen LogP contribution in [0.15, 0.2) is 36.4 Å². The lowest BCUT2D eigenvalue weighted by molar-refractivity contribution is 1.06. The van der Waals surface area contributed by atoms with Gasteiger partial charge >= 0.3 is 0 Å². The summed E-state index contributed by atoms with van der Waals surface area (Å²) in [6, 6.07) is 12.5. The zero-order valence-corrected chi connectivity index (χ0v) is 11.7. The number of para-hydroxylation sites is 1. The molecule has 0 heterocycles. The minimum atomic E-state index is 0.857. The van der Waals surface area contributed by atoms with Gasteiger partial charge in [-0.1, -0.05) is 44.2 Å². The minimum Gasteiger partial charge on any atom is -0.398 e. The molecule has 0 fully saturated rings. The molecule has 2 rings (SSSR count). The average Bonchev–Trinajstić information content (AvgIpc) is 2.43. The average molecular weight is 254 g/mol. The van der Waals surface area contributed by atoms with E-state index in [9.17, 15) is 0 Å². The molecule has 4 N–H and O–H groups in total. The van der Waals surface area contributed by atoms with Crippen LogP contribution in [0.1, 0.15) is 36.1 Å². The van der Waals surface area contributed by atoms with Crippen molar-refractivity contribution in [2.75, 3.05) is 11.5 Å². The molecular formula is C17H22N2. The van der Waals surface area contributed by atoms with E-state index < -0.39 is 0 Å². The van der Waals surface area contributed by atoms with E-state index >= 15 is 0 Å². The Bertz CT molecular complexity index is 548. The monoisotopic (exact) mass is 254 g/mol. The van der Waals surface area contributed by atoms with Gasteiger partial charge in [0.2, 0.25) is 0 Å². The van der Waals surface area contributed by atoms with Crippen LogP contribution in [-0.4, -0.2) is 0 Å². The highest BCUT2D eigenvalue weighted by Crippen LogP contribution is 2.24. The molecule has 2 heteroatoms. The van der Waals surface area contributed by atoms with Crippen LogP contribution >= 0.6 is 0 Å². The molecule has 2 nitrogen and oxygen atoms in total. The molecule has 0 aliphatic rings. The van der Waals surface area contributed by atoms with Crippen molar-refractivity contribution in [2.45, 2.75) is 33.1 Å². The van der Waals surface area contributed by atoms with Gasteiger partial charge in [0, 0.05) is 11.4 Å². The number of nitrogens with two attached hydrogens (primary N) is 2. The summed E-state index contributed by atoms with van der Waals surface area (Å²) >= 11 is 0. The Labute approximate surface area is 115 Å². The Hall–Kier alpha value is -1.96. The lowest BCUT2D eigenvalue weighted by Gasteiger charge is -2.13. The van der Waals surface area contributed by atoms with E-state index in [0.29, 0.717) is 0 Å². The molecule has 0 atom stereocenters. The zero-order valence-electron chi connectivity index (χ0n) is 11.7. The predicted molar refractivity (Wildman–Crippen MR) is 83.3 cm³/mol. The van der Waals surface area contributed by atoms with Crippen molar-refractivity contribution in [3.8, 4) is 0 Å². The van der Waals surface area contributed by atoms with Gasteiger partial charge in [0.15, 0.2) is 0 Å². The van der Waals surface area contributed by atoms with Crippen LogP contribution in [0, 0.1) is 0 Å². The summed E-state index contributed by atoms with van der Waals surface area (Å²) in [4.78, 5) is 0. The van der Waals surface area contributed by atoms with Crippen molar-refractivity contribution >= 4 is 11.4 Å². The molecule has 0 bridgehead atoms. The van der Waals surface area contributed by atoms with E-state index in [0.717, 1.165) is 30.6 Å². The fourth-order valence-corrected chi connectivity index (χ4v) is 2.45. The van der Waals surface area contributed by atoms with Crippen molar-refractivity contribution in [1.29, 1.82) is 0 Å². The van der Waals surface area contributed by atoms with Gasteiger partial charge in [-0.2, -0.15) is 0 Å². The van der Waals surface area contributed by atoms with Gasteiger partial charge in [0.25, 0.3) is 0 Å². The maximum absolute atomic E-state index is 6.17. The Morgan fingerprint density at radius 2 is 1.42 bits per heavy atom. The highest BCUT2D eigenvalue weighted by atomic mass is 14.6. The summed E-state index contributed by atoms with van der Waals surface area (Å²) in [6.45, 7) is 4.29. The molecule has 0 saturated heterocycles. The van der Waals surface area contributed by atoms with E-state index in [2.05, 4.69) is 32.0 Å². The number of hydrogen-bond acceptors (Lipinski definition) is 2. The van der Waals surface area contributed by atoms with Crippen molar-refractivity contribution < 1.29 is 0 Å². The normalized spacial score (nSPS) is 10.6. The first-order valence-electron chi connectivity index (χ1n) is 6.89. The van der Waals surface area contributed by atoms with Crippen molar-refractivity contribution in [1.82, 2.24) is 0 Å². The molecule has 0 unspecified atom stereocenters. The number of nitrogen functional groups attached to an aromatic ring is 2. The third-order valence-corrected chi connectivity index (χ3v) is 3.62. The largest absolute Gasteiger partial charge is 0.398 e. The highest BCUT2D eigenvalue weighted by molar-refractivity contribution is 5.57. The van der Waals surface area contributed by atoms with Gasteiger partial charge in [-0.25, -0.2) is 0 Å². The first kappa shape index (κ1) is 13.5. The molecule has 0 radical (unpaired) electrons. The second-order valence-electron chi connectivity index (χ2n) is 4.91. The number of aryl methyl sites for hydroxylation is 2. The smallest absolute Gasteiger partial charge is 0.0379 e. The second kappa shape index (κ2) is 5.79. The summed E-state index contributed by atoms with van der Waals surface area (Å²) in [5.41, 5.74) is 18.9. The zero-order chi connectivity index (χ0) is 13.8. The Balaban J connectivity index is 2.38. The van der Waals surface area contributed by atoms with Gasteiger partial charge < -0.3 is 11.5 Å². The van der Waals surface area contributed by atoms with Crippen LogP contribution < -0.4 is 11.5 Å².